The molecule has 1 aliphatic rings. The zero-order valence-corrected chi connectivity index (χ0v) is 7.94. The Bertz CT molecular complexity index is 305. The summed E-state index contributed by atoms with van der Waals surface area (Å²) in [5.41, 5.74) is 6.01. The lowest BCUT2D eigenvalue weighted by atomic mass is 10.3. The molecule has 1 aliphatic carbocycles. The lowest BCUT2D eigenvalue weighted by molar-refractivity contribution is 0.0742. The van der Waals surface area contributed by atoms with Gasteiger partial charge in [0, 0.05) is 25.3 Å². The first kappa shape index (κ1) is 9.21. The Morgan fingerprint density at radius 1 is 1.71 bits per heavy atom. The number of aromatic nitrogens is 2. The van der Waals surface area contributed by atoms with Crippen LogP contribution in [0.4, 0.5) is 0 Å². The number of rotatable bonds is 4. The Hall–Kier alpha value is -1.36. The highest BCUT2D eigenvalue weighted by Crippen LogP contribution is 2.27. The zero-order chi connectivity index (χ0) is 9.97. The van der Waals surface area contributed by atoms with E-state index in [4.69, 9.17) is 5.73 Å². The van der Waals surface area contributed by atoms with Crippen LogP contribution in [0.25, 0.3) is 0 Å². The molecule has 0 bridgehead atoms. The van der Waals surface area contributed by atoms with Crippen LogP contribution in [-0.2, 0) is 0 Å². The van der Waals surface area contributed by atoms with Gasteiger partial charge in [0.05, 0.1) is 0 Å². The number of nitrogens with one attached hydrogen (secondary N) is 1. The van der Waals surface area contributed by atoms with E-state index in [2.05, 4.69) is 10.2 Å². The van der Waals surface area contributed by atoms with Crippen molar-refractivity contribution in [1.29, 1.82) is 0 Å². The van der Waals surface area contributed by atoms with E-state index in [1.165, 1.54) is 0 Å². The molecule has 1 fully saturated rings. The van der Waals surface area contributed by atoms with Gasteiger partial charge in [0.15, 0.2) is 0 Å². The number of carbonyl (C=O) groups excluding carboxylic acids is 1. The van der Waals surface area contributed by atoms with E-state index in [0.717, 1.165) is 12.8 Å². The topological polar surface area (TPSA) is 75.0 Å². The van der Waals surface area contributed by atoms with Crippen LogP contribution in [0.15, 0.2) is 12.3 Å². The van der Waals surface area contributed by atoms with Crippen LogP contribution in [-0.4, -0.2) is 40.1 Å². The molecule has 1 amide bonds. The van der Waals surface area contributed by atoms with Crippen molar-refractivity contribution in [2.75, 3.05) is 13.1 Å². The van der Waals surface area contributed by atoms with Crippen LogP contribution in [0, 0.1) is 0 Å². The molecule has 0 saturated heterocycles. The van der Waals surface area contributed by atoms with Gasteiger partial charge in [0.2, 0.25) is 0 Å². The Morgan fingerprint density at radius 2 is 2.50 bits per heavy atom. The van der Waals surface area contributed by atoms with Crippen LogP contribution in [0.2, 0.25) is 0 Å². The van der Waals surface area contributed by atoms with E-state index in [1.54, 1.807) is 12.3 Å². The van der Waals surface area contributed by atoms with Crippen LogP contribution < -0.4 is 5.73 Å². The second-order valence-electron chi connectivity index (χ2n) is 3.49. The first-order valence-electron chi connectivity index (χ1n) is 4.83. The maximum atomic E-state index is 11.9. The minimum Gasteiger partial charge on any atom is -0.333 e. The monoisotopic (exact) mass is 194 g/mol. The Morgan fingerprint density at radius 3 is 3.00 bits per heavy atom. The van der Waals surface area contributed by atoms with Crippen LogP contribution in [0.3, 0.4) is 0 Å². The van der Waals surface area contributed by atoms with E-state index in [0.29, 0.717) is 24.8 Å². The van der Waals surface area contributed by atoms with Crippen LogP contribution >= 0.6 is 0 Å². The van der Waals surface area contributed by atoms with E-state index in [1.807, 2.05) is 4.90 Å². The molecule has 3 N–H and O–H groups in total. The van der Waals surface area contributed by atoms with Gasteiger partial charge in [0.1, 0.15) is 5.69 Å². The molecular formula is C9H14N4O. The molecule has 1 heterocycles. The van der Waals surface area contributed by atoms with Gasteiger partial charge in [-0.15, -0.1) is 0 Å². The fourth-order valence-corrected chi connectivity index (χ4v) is 1.50. The summed E-state index contributed by atoms with van der Waals surface area (Å²) in [6, 6.07) is 2.09. The standard InChI is InChI=1S/C9H14N4O/c10-4-6-13(7-1-2-7)9(14)8-3-5-11-12-8/h3,5,7H,1-2,4,6,10H2,(H,11,12). The van der Waals surface area contributed by atoms with Gasteiger partial charge in [-0.2, -0.15) is 5.10 Å². The van der Waals surface area contributed by atoms with Gasteiger partial charge >= 0.3 is 0 Å². The highest BCUT2D eigenvalue weighted by molar-refractivity contribution is 5.92. The van der Waals surface area contributed by atoms with Crippen LogP contribution in [0.5, 0.6) is 0 Å². The molecule has 0 aromatic carbocycles. The summed E-state index contributed by atoms with van der Waals surface area (Å²) < 4.78 is 0. The minimum absolute atomic E-state index is 0.00968. The average molecular weight is 194 g/mol. The first-order valence-corrected chi connectivity index (χ1v) is 4.83. The lowest BCUT2D eigenvalue weighted by Crippen LogP contribution is -2.37. The normalized spacial score (nSPS) is 15.5. The largest absolute Gasteiger partial charge is 0.333 e. The van der Waals surface area contributed by atoms with Crippen molar-refractivity contribution in [3.63, 3.8) is 0 Å². The van der Waals surface area contributed by atoms with Crippen molar-refractivity contribution in [2.45, 2.75) is 18.9 Å². The smallest absolute Gasteiger partial charge is 0.272 e. The van der Waals surface area contributed by atoms with Crippen LogP contribution in [0.1, 0.15) is 23.3 Å². The molecular weight excluding hydrogens is 180 g/mol. The summed E-state index contributed by atoms with van der Waals surface area (Å²) in [5, 5.41) is 6.44. The minimum atomic E-state index is 0.00968. The summed E-state index contributed by atoms with van der Waals surface area (Å²) in [7, 11) is 0. The summed E-state index contributed by atoms with van der Waals surface area (Å²) in [4.78, 5) is 13.7. The van der Waals surface area contributed by atoms with Crippen molar-refractivity contribution in [3.05, 3.63) is 18.0 Å². The SMILES string of the molecule is NCCN(C(=O)c1ccn[nH]1)C1CC1. The van der Waals surface area contributed by atoms with Crippen molar-refractivity contribution >= 4 is 5.91 Å². The molecule has 1 aromatic rings. The zero-order valence-electron chi connectivity index (χ0n) is 7.94. The van der Waals surface area contributed by atoms with Gasteiger partial charge in [-0.3, -0.25) is 9.89 Å². The first-order chi connectivity index (χ1) is 6.83. The highest BCUT2D eigenvalue weighted by Gasteiger charge is 2.32. The molecule has 0 spiro atoms. The second kappa shape index (κ2) is 3.79. The third kappa shape index (κ3) is 1.77. The van der Waals surface area contributed by atoms with Crippen molar-refractivity contribution in [3.8, 4) is 0 Å². The molecule has 0 aliphatic heterocycles. The third-order valence-electron chi connectivity index (χ3n) is 2.35. The van der Waals surface area contributed by atoms with Crippen molar-refractivity contribution in [1.82, 2.24) is 15.1 Å². The number of aromatic amines is 1. The maximum Gasteiger partial charge on any atom is 0.272 e. The molecule has 0 unspecified atom stereocenters. The molecule has 76 valence electrons. The number of amides is 1. The molecule has 1 saturated carbocycles. The molecule has 5 nitrogen and oxygen atoms in total. The Balaban J connectivity index is 2.07. The molecule has 5 heteroatoms. The number of hydrogen-bond donors (Lipinski definition) is 2. The molecule has 2 rings (SSSR count). The molecule has 0 radical (unpaired) electrons. The third-order valence-corrected chi connectivity index (χ3v) is 2.35. The van der Waals surface area contributed by atoms with Crippen molar-refractivity contribution in [2.24, 2.45) is 5.73 Å². The van der Waals surface area contributed by atoms with Gasteiger partial charge in [-0.05, 0) is 18.9 Å². The molecule has 14 heavy (non-hydrogen) atoms. The summed E-state index contributed by atoms with van der Waals surface area (Å²) >= 11 is 0. The second-order valence-corrected chi connectivity index (χ2v) is 3.49. The molecule has 0 atom stereocenters. The Labute approximate surface area is 82.3 Å². The van der Waals surface area contributed by atoms with E-state index < -0.39 is 0 Å². The maximum absolute atomic E-state index is 11.9. The fourth-order valence-electron chi connectivity index (χ4n) is 1.50. The predicted molar refractivity (Wildman–Crippen MR) is 51.7 cm³/mol. The van der Waals surface area contributed by atoms with Gasteiger partial charge in [0.25, 0.3) is 5.91 Å². The molecule has 1 aromatic heterocycles. The summed E-state index contributed by atoms with van der Waals surface area (Å²) in [5.74, 6) is 0.00968. The van der Waals surface area contributed by atoms with E-state index in [-0.39, 0.29) is 5.91 Å². The highest BCUT2D eigenvalue weighted by atomic mass is 16.2. The van der Waals surface area contributed by atoms with Gasteiger partial charge in [-0.1, -0.05) is 0 Å². The lowest BCUT2D eigenvalue weighted by Gasteiger charge is -2.20. The average Bonchev–Trinajstić information content (AvgIpc) is 2.88. The number of nitrogens with two attached hydrogens (primary N) is 1. The quantitative estimate of drug-likeness (QED) is 0.707. The summed E-state index contributed by atoms with van der Waals surface area (Å²) in [6.07, 6.45) is 3.78. The predicted octanol–water partition coefficient (Wildman–Crippen LogP) is -0.0270. The fraction of sp³-hybridized carbons (Fsp3) is 0.556. The van der Waals surface area contributed by atoms with E-state index in [9.17, 15) is 4.79 Å². The number of H-pyrrole nitrogens is 1. The summed E-state index contributed by atoms with van der Waals surface area (Å²) in [6.45, 7) is 1.14. The number of hydrogen-bond acceptors (Lipinski definition) is 3. The van der Waals surface area contributed by atoms with Gasteiger partial charge < -0.3 is 10.6 Å². The Kier molecular flexibility index (Phi) is 2.49. The van der Waals surface area contributed by atoms with Gasteiger partial charge in [-0.25, -0.2) is 0 Å². The number of nitrogens with zero attached hydrogens (tertiary/aromatic N) is 2. The number of carbonyl (C=O) groups is 1. The van der Waals surface area contributed by atoms with Crippen molar-refractivity contribution < 1.29 is 4.79 Å². The van der Waals surface area contributed by atoms with E-state index >= 15 is 0 Å².